The van der Waals surface area contributed by atoms with Crippen LogP contribution in [0.25, 0.3) is 0 Å². The summed E-state index contributed by atoms with van der Waals surface area (Å²) in [5.74, 6) is 0.520. The lowest BCUT2D eigenvalue weighted by Gasteiger charge is -2.09. The molecule has 1 amide bonds. The Labute approximate surface area is 131 Å². The lowest BCUT2D eigenvalue weighted by atomic mass is 10.1. The summed E-state index contributed by atoms with van der Waals surface area (Å²) >= 11 is 0. The quantitative estimate of drug-likeness (QED) is 0.821. The van der Waals surface area contributed by atoms with E-state index in [1.54, 1.807) is 0 Å². The van der Waals surface area contributed by atoms with Gasteiger partial charge in [0.1, 0.15) is 0 Å². The van der Waals surface area contributed by atoms with Crippen LogP contribution in [0.4, 0.5) is 0 Å². The molecule has 0 saturated heterocycles. The van der Waals surface area contributed by atoms with Crippen molar-refractivity contribution in [3.8, 4) is 11.5 Å². The number of ether oxygens (including phenoxy) is 1. The second-order valence-corrected chi connectivity index (χ2v) is 6.62. The molecule has 120 valence electrons. The van der Waals surface area contributed by atoms with Crippen molar-refractivity contribution in [3.05, 3.63) is 29.6 Å². The van der Waals surface area contributed by atoms with Crippen LogP contribution in [-0.4, -0.2) is 29.7 Å². The van der Waals surface area contributed by atoms with E-state index in [0.29, 0.717) is 18.4 Å². The minimum Gasteiger partial charge on any atom is -0.503 e. The van der Waals surface area contributed by atoms with Crippen LogP contribution in [0.1, 0.15) is 38.2 Å². The van der Waals surface area contributed by atoms with Crippen molar-refractivity contribution in [1.82, 2.24) is 10.3 Å². The number of hydrogen-bond donors (Lipinski definition) is 2. The first-order valence-electron chi connectivity index (χ1n) is 7.44. The predicted molar refractivity (Wildman–Crippen MR) is 85.0 cm³/mol. The maximum Gasteiger partial charge on any atom is 0.273 e. The van der Waals surface area contributed by atoms with Crippen LogP contribution in [-0.2, 0) is 0 Å². The first-order valence-corrected chi connectivity index (χ1v) is 7.44. The van der Waals surface area contributed by atoms with Crippen LogP contribution in [0.15, 0.2) is 23.9 Å². The number of amides is 1. The zero-order valence-electron chi connectivity index (χ0n) is 13.8. The number of carbonyl (C=O) groups excluding carboxylic acids is 1. The fraction of sp³-hybridized carbons (Fsp3) is 0.529. The number of rotatable bonds is 5. The van der Waals surface area contributed by atoms with Gasteiger partial charge in [-0.05, 0) is 31.1 Å². The summed E-state index contributed by atoms with van der Waals surface area (Å²) in [4.78, 5) is 16.1. The molecule has 0 aliphatic heterocycles. The van der Waals surface area contributed by atoms with E-state index in [-0.39, 0.29) is 28.5 Å². The number of pyridine rings is 1. The van der Waals surface area contributed by atoms with Gasteiger partial charge < -0.3 is 15.2 Å². The van der Waals surface area contributed by atoms with Crippen molar-refractivity contribution in [2.24, 2.45) is 17.3 Å². The Balaban J connectivity index is 2.01. The number of allylic oxidation sites excluding steroid dienone is 2. The van der Waals surface area contributed by atoms with Crippen molar-refractivity contribution in [2.45, 2.75) is 27.7 Å². The second-order valence-electron chi connectivity index (χ2n) is 6.62. The van der Waals surface area contributed by atoms with Gasteiger partial charge in [0.05, 0.1) is 7.11 Å². The van der Waals surface area contributed by atoms with Gasteiger partial charge in [0, 0.05) is 18.8 Å². The minimum atomic E-state index is -0.380. The number of aromatic hydroxyl groups is 1. The zero-order chi connectivity index (χ0) is 16.5. The fourth-order valence-electron chi connectivity index (χ4n) is 2.92. The standard InChI is InChI=1S/C17H24N2O3/c1-10(2)8-11-12(17(11,3)4)9-19-16(21)14-15(20)13(22-5)6-7-18-14/h6-8,11-12,20H,9H2,1-5H3,(H,19,21). The van der Waals surface area contributed by atoms with Crippen LogP contribution < -0.4 is 10.1 Å². The van der Waals surface area contributed by atoms with Gasteiger partial charge >= 0.3 is 0 Å². The van der Waals surface area contributed by atoms with Gasteiger partial charge in [0.15, 0.2) is 17.2 Å². The Morgan fingerprint density at radius 3 is 2.77 bits per heavy atom. The number of methoxy groups -OCH3 is 1. The molecule has 1 aromatic rings. The van der Waals surface area contributed by atoms with E-state index in [9.17, 15) is 9.90 Å². The van der Waals surface area contributed by atoms with Crippen molar-refractivity contribution in [3.63, 3.8) is 0 Å². The largest absolute Gasteiger partial charge is 0.503 e. The van der Waals surface area contributed by atoms with E-state index >= 15 is 0 Å². The molecule has 0 radical (unpaired) electrons. The maximum atomic E-state index is 12.2. The number of nitrogens with zero attached hydrogens (tertiary/aromatic N) is 1. The van der Waals surface area contributed by atoms with Gasteiger partial charge in [0.2, 0.25) is 0 Å². The Morgan fingerprint density at radius 2 is 2.18 bits per heavy atom. The number of nitrogens with one attached hydrogen (secondary N) is 1. The molecule has 0 aromatic carbocycles. The highest BCUT2D eigenvalue weighted by atomic mass is 16.5. The highest BCUT2D eigenvalue weighted by Crippen LogP contribution is 2.58. The third kappa shape index (κ3) is 3.08. The van der Waals surface area contributed by atoms with Crippen LogP contribution >= 0.6 is 0 Å². The van der Waals surface area contributed by atoms with Crippen LogP contribution in [0.5, 0.6) is 11.5 Å². The Kier molecular flexibility index (Phi) is 4.44. The van der Waals surface area contributed by atoms with Gasteiger partial charge in [-0.3, -0.25) is 4.79 Å². The summed E-state index contributed by atoms with van der Waals surface area (Å²) in [5.41, 5.74) is 1.48. The van der Waals surface area contributed by atoms with Gasteiger partial charge in [-0.2, -0.15) is 0 Å². The summed E-state index contributed by atoms with van der Waals surface area (Å²) in [5, 5.41) is 12.8. The molecule has 2 atom stereocenters. The smallest absolute Gasteiger partial charge is 0.273 e. The molecule has 1 heterocycles. The SMILES string of the molecule is COc1ccnc(C(=O)NCC2C(C=C(C)C)C2(C)C)c1O. The number of carbonyl (C=O) groups is 1. The summed E-state index contributed by atoms with van der Waals surface area (Å²) in [6.07, 6.45) is 3.71. The Bertz CT molecular complexity index is 604. The normalized spacial score (nSPS) is 21.9. The molecule has 1 aliphatic carbocycles. The van der Waals surface area contributed by atoms with Gasteiger partial charge in [-0.15, -0.1) is 0 Å². The highest BCUT2D eigenvalue weighted by molar-refractivity contribution is 5.95. The summed E-state index contributed by atoms with van der Waals surface area (Å²) < 4.78 is 4.99. The summed E-state index contributed by atoms with van der Waals surface area (Å²) in [6.45, 7) is 9.15. The van der Waals surface area contributed by atoms with E-state index in [0.717, 1.165) is 0 Å². The third-order valence-electron chi connectivity index (χ3n) is 4.46. The first kappa shape index (κ1) is 16.3. The molecule has 1 aliphatic rings. The van der Waals surface area contributed by atoms with E-state index in [1.165, 1.54) is 24.9 Å². The lowest BCUT2D eigenvalue weighted by molar-refractivity contribution is 0.0941. The fourth-order valence-corrected chi connectivity index (χ4v) is 2.92. The molecule has 5 nitrogen and oxygen atoms in total. The number of hydrogen-bond acceptors (Lipinski definition) is 4. The molecule has 1 saturated carbocycles. The van der Waals surface area contributed by atoms with Crippen LogP contribution in [0.2, 0.25) is 0 Å². The van der Waals surface area contributed by atoms with Gasteiger partial charge in [-0.25, -0.2) is 4.98 Å². The van der Waals surface area contributed by atoms with Crippen molar-refractivity contribution >= 4 is 5.91 Å². The average molecular weight is 304 g/mol. The lowest BCUT2D eigenvalue weighted by Crippen LogP contribution is -2.27. The van der Waals surface area contributed by atoms with Crippen molar-refractivity contribution < 1.29 is 14.6 Å². The van der Waals surface area contributed by atoms with Gasteiger partial charge in [0.25, 0.3) is 5.91 Å². The summed E-state index contributed by atoms with van der Waals surface area (Å²) in [7, 11) is 1.44. The Hall–Kier alpha value is -2.04. The molecule has 0 bridgehead atoms. The van der Waals surface area contributed by atoms with Crippen LogP contribution in [0.3, 0.4) is 0 Å². The molecule has 22 heavy (non-hydrogen) atoms. The molecule has 5 heteroatoms. The average Bonchev–Trinajstić information content (AvgIpc) is 2.95. The molecule has 2 unspecified atom stereocenters. The molecule has 1 aromatic heterocycles. The highest BCUT2D eigenvalue weighted by Gasteiger charge is 2.55. The molecule has 1 fully saturated rings. The first-order chi connectivity index (χ1) is 10.3. The maximum absolute atomic E-state index is 12.2. The number of aromatic nitrogens is 1. The van der Waals surface area contributed by atoms with E-state index in [2.05, 4.69) is 44.1 Å². The topological polar surface area (TPSA) is 71.5 Å². The zero-order valence-corrected chi connectivity index (χ0v) is 13.8. The molecular weight excluding hydrogens is 280 g/mol. The molecule has 2 rings (SSSR count). The summed E-state index contributed by atoms with van der Waals surface area (Å²) in [6, 6.07) is 1.51. The second kappa shape index (κ2) is 5.99. The van der Waals surface area contributed by atoms with E-state index < -0.39 is 0 Å². The molecule has 2 N–H and O–H groups in total. The van der Waals surface area contributed by atoms with Crippen molar-refractivity contribution in [1.29, 1.82) is 0 Å². The minimum absolute atomic E-state index is 0.00318. The van der Waals surface area contributed by atoms with E-state index in [1.807, 2.05) is 0 Å². The van der Waals surface area contributed by atoms with Gasteiger partial charge in [-0.1, -0.05) is 25.5 Å². The predicted octanol–water partition coefficient (Wildman–Crippen LogP) is 2.76. The van der Waals surface area contributed by atoms with Crippen LogP contribution in [0, 0.1) is 17.3 Å². The molecule has 0 spiro atoms. The molecular formula is C17H24N2O3. The van der Waals surface area contributed by atoms with E-state index in [4.69, 9.17) is 4.74 Å². The third-order valence-corrected chi connectivity index (χ3v) is 4.46. The monoisotopic (exact) mass is 304 g/mol. The Morgan fingerprint density at radius 1 is 1.50 bits per heavy atom. The van der Waals surface area contributed by atoms with Crippen molar-refractivity contribution in [2.75, 3.05) is 13.7 Å².